The Kier molecular flexibility index (Phi) is 3.41. The molecular weight excluding hydrogens is 270 g/mol. The van der Waals surface area contributed by atoms with Gasteiger partial charge in [-0.2, -0.15) is 0 Å². The first-order chi connectivity index (χ1) is 9.63. The number of halogens is 1. The molecule has 0 amide bonds. The molecule has 0 radical (unpaired) electrons. The minimum Gasteiger partial charge on any atom is -0.487 e. The fraction of sp³-hybridized carbons (Fsp3) is 0.176. The SMILES string of the molecule is Cc1ccc(OCc2cc3cc(Cl)ccc3n2C)cc1. The summed E-state index contributed by atoms with van der Waals surface area (Å²) >= 11 is 6.03. The smallest absolute Gasteiger partial charge is 0.128 e. The average Bonchev–Trinajstić information content (AvgIpc) is 2.74. The number of ether oxygens (including phenoxy) is 1. The molecule has 0 saturated carbocycles. The Bertz CT molecular complexity index is 744. The largest absolute Gasteiger partial charge is 0.487 e. The quantitative estimate of drug-likeness (QED) is 0.679. The van der Waals surface area contributed by atoms with Gasteiger partial charge < -0.3 is 9.30 Å². The van der Waals surface area contributed by atoms with Gasteiger partial charge in [0.15, 0.2) is 0 Å². The van der Waals surface area contributed by atoms with E-state index in [0.29, 0.717) is 6.61 Å². The van der Waals surface area contributed by atoms with Crippen LogP contribution in [0.5, 0.6) is 5.75 Å². The number of fused-ring (bicyclic) bond motifs is 1. The van der Waals surface area contributed by atoms with Crippen molar-refractivity contribution < 1.29 is 4.74 Å². The summed E-state index contributed by atoms with van der Waals surface area (Å²) in [5.74, 6) is 0.888. The van der Waals surface area contributed by atoms with Crippen molar-refractivity contribution in [3.05, 3.63) is 64.8 Å². The van der Waals surface area contributed by atoms with Gasteiger partial charge in [0.1, 0.15) is 12.4 Å². The van der Waals surface area contributed by atoms with E-state index >= 15 is 0 Å². The van der Waals surface area contributed by atoms with Gasteiger partial charge in [0.05, 0.1) is 5.69 Å². The van der Waals surface area contributed by atoms with Gasteiger partial charge in [0, 0.05) is 23.0 Å². The van der Waals surface area contributed by atoms with Crippen molar-refractivity contribution in [1.82, 2.24) is 4.57 Å². The van der Waals surface area contributed by atoms with Crippen molar-refractivity contribution in [1.29, 1.82) is 0 Å². The summed E-state index contributed by atoms with van der Waals surface area (Å²) in [5, 5.41) is 1.90. The van der Waals surface area contributed by atoms with Crippen LogP contribution in [0.3, 0.4) is 0 Å². The number of benzene rings is 2. The van der Waals surface area contributed by atoms with Crippen LogP contribution in [-0.2, 0) is 13.7 Å². The van der Waals surface area contributed by atoms with E-state index in [1.807, 2.05) is 37.4 Å². The number of aromatic nitrogens is 1. The normalized spacial score (nSPS) is 10.9. The molecule has 102 valence electrons. The molecule has 0 aliphatic heterocycles. The van der Waals surface area contributed by atoms with E-state index in [1.54, 1.807) is 0 Å². The lowest BCUT2D eigenvalue weighted by atomic mass is 10.2. The van der Waals surface area contributed by atoms with E-state index < -0.39 is 0 Å². The number of aryl methyl sites for hydroxylation is 2. The zero-order chi connectivity index (χ0) is 14.1. The van der Waals surface area contributed by atoms with Crippen molar-refractivity contribution in [2.24, 2.45) is 7.05 Å². The zero-order valence-corrected chi connectivity index (χ0v) is 12.3. The van der Waals surface area contributed by atoms with Crippen LogP contribution in [0.25, 0.3) is 10.9 Å². The topological polar surface area (TPSA) is 14.2 Å². The third-order valence-corrected chi connectivity index (χ3v) is 3.75. The molecule has 0 unspecified atom stereocenters. The third-order valence-electron chi connectivity index (χ3n) is 3.51. The summed E-state index contributed by atoms with van der Waals surface area (Å²) in [6.07, 6.45) is 0. The molecular formula is C17H16ClNO. The number of hydrogen-bond acceptors (Lipinski definition) is 1. The van der Waals surface area contributed by atoms with Crippen LogP contribution in [0.1, 0.15) is 11.3 Å². The maximum absolute atomic E-state index is 6.03. The van der Waals surface area contributed by atoms with E-state index in [0.717, 1.165) is 27.4 Å². The molecule has 0 saturated heterocycles. The summed E-state index contributed by atoms with van der Waals surface area (Å²) < 4.78 is 7.97. The lowest BCUT2D eigenvalue weighted by molar-refractivity contribution is 0.297. The fourth-order valence-electron chi connectivity index (χ4n) is 2.31. The summed E-state index contributed by atoms with van der Waals surface area (Å²) in [4.78, 5) is 0. The van der Waals surface area contributed by atoms with Crippen molar-refractivity contribution in [2.75, 3.05) is 0 Å². The van der Waals surface area contributed by atoms with E-state index in [2.05, 4.69) is 29.7 Å². The second-order valence-corrected chi connectivity index (χ2v) is 5.44. The van der Waals surface area contributed by atoms with Gasteiger partial charge in [0.25, 0.3) is 0 Å². The average molecular weight is 286 g/mol. The second kappa shape index (κ2) is 5.22. The standard InChI is InChI=1S/C17H16ClNO/c1-12-3-6-16(7-4-12)20-11-15-10-13-9-14(18)5-8-17(13)19(15)2/h3-10H,11H2,1-2H3. The van der Waals surface area contributed by atoms with Gasteiger partial charge in [-0.1, -0.05) is 29.3 Å². The van der Waals surface area contributed by atoms with Crippen LogP contribution in [0.4, 0.5) is 0 Å². The minimum atomic E-state index is 0.547. The molecule has 0 atom stereocenters. The Balaban J connectivity index is 1.84. The molecule has 3 rings (SSSR count). The zero-order valence-electron chi connectivity index (χ0n) is 11.6. The molecule has 0 aliphatic carbocycles. The monoisotopic (exact) mass is 285 g/mol. The minimum absolute atomic E-state index is 0.547. The predicted octanol–water partition coefficient (Wildman–Crippen LogP) is 4.72. The molecule has 3 heteroatoms. The van der Waals surface area contributed by atoms with E-state index in [4.69, 9.17) is 16.3 Å². The molecule has 2 aromatic carbocycles. The molecule has 0 spiro atoms. The summed E-state index contributed by atoms with van der Waals surface area (Å²) in [6.45, 7) is 2.61. The first-order valence-electron chi connectivity index (χ1n) is 6.57. The maximum Gasteiger partial charge on any atom is 0.128 e. The Morgan fingerprint density at radius 1 is 1.05 bits per heavy atom. The first-order valence-corrected chi connectivity index (χ1v) is 6.94. The lowest BCUT2D eigenvalue weighted by Crippen LogP contribution is -2.01. The molecule has 1 aromatic heterocycles. The Morgan fingerprint density at radius 2 is 1.80 bits per heavy atom. The molecule has 3 aromatic rings. The van der Waals surface area contributed by atoms with Crippen molar-refractivity contribution in [2.45, 2.75) is 13.5 Å². The van der Waals surface area contributed by atoms with Crippen LogP contribution in [0, 0.1) is 6.92 Å². The molecule has 0 aliphatic rings. The summed E-state index contributed by atoms with van der Waals surface area (Å²) in [7, 11) is 2.05. The van der Waals surface area contributed by atoms with Crippen molar-refractivity contribution in [3.63, 3.8) is 0 Å². The van der Waals surface area contributed by atoms with Crippen LogP contribution in [0.2, 0.25) is 5.02 Å². The predicted molar refractivity (Wildman–Crippen MR) is 83.4 cm³/mol. The van der Waals surface area contributed by atoms with Gasteiger partial charge >= 0.3 is 0 Å². The third kappa shape index (κ3) is 2.52. The molecule has 2 nitrogen and oxygen atoms in total. The van der Waals surface area contributed by atoms with Gasteiger partial charge in [-0.3, -0.25) is 0 Å². The highest BCUT2D eigenvalue weighted by Gasteiger charge is 2.06. The van der Waals surface area contributed by atoms with E-state index in [-0.39, 0.29) is 0 Å². The first kappa shape index (κ1) is 13.1. The highest BCUT2D eigenvalue weighted by atomic mass is 35.5. The van der Waals surface area contributed by atoms with Crippen LogP contribution in [-0.4, -0.2) is 4.57 Å². The molecule has 20 heavy (non-hydrogen) atoms. The molecule has 1 heterocycles. The Hall–Kier alpha value is -1.93. The van der Waals surface area contributed by atoms with Crippen LogP contribution < -0.4 is 4.74 Å². The lowest BCUT2D eigenvalue weighted by Gasteiger charge is -2.07. The number of hydrogen-bond donors (Lipinski definition) is 0. The molecule has 0 fully saturated rings. The Labute approximate surface area is 123 Å². The van der Waals surface area contributed by atoms with Crippen LogP contribution >= 0.6 is 11.6 Å². The molecule has 0 N–H and O–H groups in total. The Morgan fingerprint density at radius 3 is 2.55 bits per heavy atom. The van der Waals surface area contributed by atoms with Crippen molar-refractivity contribution in [3.8, 4) is 5.75 Å². The van der Waals surface area contributed by atoms with E-state index in [1.165, 1.54) is 5.56 Å². The summed E-state index contributed by atoms with van der Waals surface area (Å²) in [5.41, 5.74) is 3.52. The number of rotatable bonds is 3. The van der Waals surface area contributed by atoms with Gasteiger partial charge in [-0.05, 0) is 43.3 Å². The maximum atomic E-state index is 6.03. The highest BCUT2D eigenvalue weighted by molar-refractivity contribution is 6.31. The van der Waals surface area contributed by atoms with Gasteiger partial charge in [0.2, 0.25) is 0 Å². The number of nitrogens with zero attached hydrogens (tertiary/aromatic N) is 1. The van der Waals surface area contributed by atoms with Crippen molar-refractivity contribution >= 4 is 22.5 Å². The summed E-state index contributed by atoms with van der Waals surface area (Å²) in [6, 6.07) is 16.1. The highest BCUT2D eigenvalue weighted by Crippen LogP contribution is 2.23. The van der Waals surface area contributed by atoms with Crippen LogP contribution in [0.15, 0.2) is 48.5 Å². The fourth-order valence-corrected chi connectivity index (χ4v) is 2.49. The van der Waals surface area contributed by atoms with E-state index in [9.17, 15) is 0 Å². The van der Waals surface area contributed by atoms with Gasteiger partial charge in [-0.15, -0.1) is 0 Å². The molecule has 0 bridgehead atoms. The second-order valence-electron chi connectivity index (χ2n) is 5.00. The van der Waals surface area contributed by atoms with Gasteiger partial charge in [-0.25, -0.2) is 0 Å².